The number of hydrogen-bond acceptors (Lipinski definition) is 0. The molecule has 1 radical (unpaired) electrons. The van der Waals surface area contributed by atoms with E-state index in [-0.39, 0.29) is 0 Å². The maximum Gasteiger partial charge on any atom is 0.0343 e. The maximum absolute atomic E-state index is 3.51. The summed E-state index contributed by atoms with van der Waals surface area (Å²) in [4.78, 5) is 0. The third-order valence-corrected chi connectivity index (χ3v) is 2.57. The molecule has 0 aliphatic rings. The second kappa shape index (κ2) is 4.14. The number of aryl methyl sites for hydroxylation is 1. The predicted molar refractivity (Wildman–Crippen MR) is 57.5 cm³/mol. The van der Waals surface area contributed by atoms with Crippen LogP contribution in [0.1, 0.15) is 22.3 Å². The van der Waals surface area contributed by atoms with E-state index in [0.717, 1.165) is 6.42 Å². The van der Waals surface area contributed by atoms with Gasteiger partial charge in [0.2, 0.25) is 0 Å². The Hall–Kier alpha value is -1.22. The van der Waals surface area contributed by atoms with E-state index in [9.17, 15) is 0 Å². The summed E-state index contributed by atoms with van der Waals surface area (Å²) in [6, 6.07) is 4.31. The average Bonchev–Trinajstić information content (AvgIpc) is 2.13. The van der Waals surface area contributed by atoms with Gasteiger partial charge in [0.05, 0.1) is 0 Å². The lowest BCUT2D eigenvalue weighted by Crippen LogP contribution is -1.93. The number of hydrogen-bond donors (Lipinski definition) is 0. The Labute approximate surface area is 81.0 Å². The van der Waals surface area contributed by atoms with Crippen LogP contribution in [0, 0.1) is 39.5 Å². The summed E-state index contributed by atoms with van der Waals surface area (Å²) < 4.78 is 0. The summed E-state index contributed by atoms with van der Waals surface area (Å²) in [6.07, 6.45) is 0.816. The molecule has 0 aromatic heterocycles. The van der Waals surface area contributed by atoms with Crippen molar-refractivity contribution < 1.29 is 0 Å². The van der Waals surface area contributed by atoms with E-state index in [1.807, 2.05) is 0 Å². The Morgan fingerprint density at radius 3 is 2.46 bits per heavy atom. The first-order valence-corrected chi connectivity index (χ1v) is 4.47. The fourth-order valence-corrected chi connectivity index (χ4v) is 1.36. The fourth-order valence-electron chi connectivity index (χ4n) is 1.36. The van der Waals surface area contributed by atoms with E-state index in [0.29, 0.717) is 0 Å². The van der Waals surface area contributed by atoms with E-state index < -0.39 is 0 Å². The maximum atomic E-state index is 3.51. The van der Waals surface area contributed by atoms with Crippen molar-refractivity contribution in [2.24, 2.45) is 0 Å². The predicted octanol–water partition coefficient (Wildman–Crippen LogP) is 2.99. The highest BCUT2D eigenvalue weighted by Crippen LogP contribution is 2.17. The van der Waals surface area contributed by atoms with Crippen LogP contribution in [0.15, 0.2) is 12.1 Å². The molecule has 0 aliphatic heterocycles. The topological polar surface area (TPSA) is 0 Å². The second-order valence-electron chi connectivity index (χ2n) is 3.32. The minimum absolute atomic E-state index is 0.816. The Morgan fingerprint density at radius 1 is 1.15 bits per heavy atom. The van der Waals surface area contributed by atoms with Crippen LogP contribution in [0.3, 0.4) is 0 Å². The van der Waals surface area contributed by atoms with Gasteiger partial charge in [0.15, 0.2) is 0 Å². The van der Waals surface area contributed by atoms with Gasteiger partial charge in [-0.3, -0.25) is 0 Å². The van der Waals surface area contributed by atoms with E-state index in [2.05, 4.69) is 51.7 Å². The fraction of sp³-hybridized carbons (Fsp3) is 0.308. The minimum Gasteiger partial charge on any atom is -0.102 e. The number of benzene rings is 1. The van der Waals surface area contributed by atoms with Gasteiger partial charge in [0, 0.05) is 13.3 Å². The molecule has 0 spiro atoms. The van der Waals surface area contributed by atoms with E-state index in [1.165, 1.54) is 22.3 Å². The second-order valence-corrected chi connectivity index (χ2v) is 3.32. The Balaban J connectivity index is 3.08. The monoisotopic (exact) mass is 171 g/mol. The molecule has 67 valence electrons. The molecule has 1 rings (SSSR count). The molecule has 0 amide bonds. The Bertz CT molecular complexity index is 362. The Kier molecular flexibility index (Phi) is 3.14. The largest absolute Gasteiger partial charge is 0.102 e. The normalized spacial score (nSPS) is 9.23. The summed E-state index contributed by atoms with van der Waals surface area (Å²) in [6.45, 7) is 9.96. The first-order chi connectivity index (χ1) is 6.16. The summed E-state index contributed by atoms with van der Waals surface area (Å²) >= 11 is 0. The van der Waals surface area contributed by atoms with Crippen molar-refractivity contribution in [3.63, 3.8) is 0 Å². The van der Waals surface area contributed by atoms with Crippen LogP contribution in [0.25, 0.3) is 0 Å². The standard InChI is InChI=1S/C13H15/c1-5-6-7-13-9-8-10(2)11(3)12(13)4/h8-9H,1,7H2,2-4H3. The highest BCUT2D eigenvalue weighted by atomic mass is 14.1. The van der Waals surface area contributed by atoms with Crippen molar-refractivity contribution in [1.82, 2.24) is 0 Å². The van der Waals surface area contributed by atoms with E-state index >= 15 is 0 Å². The van der Waals surface area contributed by atoms with Gasteiger partial charge in [-0.05, 0) is 43.0 Å². The van der Waals surface area contributed by atoms with Crippen LogP contribution in [0.5, 0.6) is 0 Å². The van der Waals surface area contributed by atoms with E-state index in [1.54, 1.807) is 0 Å². The SMILES string of the molecule is [CH2]C#CCc1ccc(C)c(C)c1C. The molecule has 1 aromatic rings. The Morgan fingerprint density at radius 2 is 1.85 bits per heavy atom. The average molecular weight is 171 g/mol. The van der Waals surface area contributed by atoms with Crippen LogP contribution >= 0.6 is 0 Å². The van der Waals surface area contributed by atoms with Crippen LogP contribution in [-0.2, 0) is 6.42 Å². The van der Waals surface area contributed by atoms with Gasteiger partial charge in [0.1, 0.15) is 0 Å². The zero-order chi connectivity index (χ0) is 9.84. The molecule has 0 fully saturated rings. The van der Waals surface area contributed by atoms with Gasteiger partial charge in [-0.25, -0.2) is 0 Å². The van der Waals surface area contributed by atoms with E-state index in [4.69, 9.17) is 0 Å². The van der Waals surface area contributed by atoms with Crippen LogP contribution in [0.2, 0.25) is 0 Å². The molecule has 0 saturated heterocycles. The van der Waals surface area contributed by atoms with Gasteiger partial charge < -0.3 is 0 Å². The molecule has 0 saturated carbocycles. The molecule has 0 nitrogen and oxygen atoms in total. The van der Waals surface area contributed by atoms with Gasteiger partial charge in [-0.1, -0.05) is 18.1 Å². The zero-order valence-electron chi connectivity index (χ0n) is 8.57. The molecule has 13 heavy (non-hydrogen) atoms. The number of rotatable bonds is 1. The molecular formula is C13H15. The molecular weight excluding hydrogens is 156 g/mol. The lowest BCUT2D eigenvalue weighted by atomic mass is 9.97. The van der Waals surface area contributed by atoms with Crippen LogP contribution < -0.4 is 0 Å². The highest BCUT2D eigenvalue weighted by molar-refractivity contribution is 5.40. The summed E-state index contributed by atoms with van der Waals surface area (Å²) in [5.41, 5.74) is 5.41. The molecule has 1 aromatic carbocycles. The summed E-state index contributed by atoms with van der Waals surface area (Å²) in [7, 11) is 0. The highest BCUT2D eigenvalue weighted by Gasteiger charge is 2.01. The van der Waals surface area contributed by atoms with Gasteiger partial charge in [-0.15, -0.1) is 5.92 Å². The molecule has 0 aliphatic carbocycles. The van der Waals surface area contributed by atoms with Crippen molar-refractivity contribution >= 4 is 0 Å². The zero-order valence-corrected chi connectivity index (χ0v) is 8.57. The third-order valence-electron chi connectivity index (χ3n) is 2.57. The van der Waals surface area contributed by atoms with Crippen molar-refractivity contribution in [3.05, 3.63) is 41.3 Å². The smallest absolute Gasteiger partial charge is 0.0343 e. The van der Waals surface area contributed by atoms with Gasteiger partial charge >= 0.3 is 0 Å². The first kappa shape index (κ1) is 9.86. The summed E-state index contributed by atoms with van der Waals surface area (Å²) in [5, 5.41) is 0. The van der Waals surface area contributed by atoms with Crippen molar-refractivity contribution in [2.45, 2.75) is 27.2 Å². The quantitative estimate of drug-likeness (QED) is 0.570. The lowest BCUT2D eigenvalue weighted by molar-refractivity contribution is 1.17. The minimum atomic E-state index is 0.816. The van der Waals surface area contributed by atoms with Crippen LogP contribution in [-0.4, -0.2) is 0 Å². The van der Waals surface area contributed by atoms with Crippen molar-refractivity contribution in [2.75, 3.05) is 0 Å². The molecule has 0 unspecified atom stereocenters. The molecule has 0 N–H and O–H groups in total. The van der Waals surface area contributed by atoms with Crippen molar-refractivity contribution in [1.29, 1.82) is 0 Å². The molecule has 0 atom stereocenters. The molecule has 0 heteroatoms. The summed E-state index contributed by atoms with van der Waals surface area (Å²) in [5.74, 6) is 5.67. The first-order valence-electron chi connectivity index (χ1n) is 4.47. The molecule has 0 bridgehead atoms. The molecule has 0 heterocycles. The van der Waals surface area contributed by atoms with Gasteiger partial charge in [-0.2, -0.15) is 0 Å². The van der Waals surface area contributed by atoms with Gasteiger partial charge in [0.25, 0.3) is 0 Å². The lowest BCUT2D eigenvalue weighted by Gasteiger charge is -2.08. The third kappa shape index (κ3) is 2.12. The van der Waals surface area contributed by atoms with Crippen LogP contribution in [0.4, 0.5) is 0 Å². The van der Waals surface area contributed by atoms with Crippen molar-refractivity contribution in [3.8, 4) is 11.8 Å².